The summed E-state index contributed by atoms with van der Waals surface area (Å²) in [6.07, 6.45) is 6.17. The molecule has 2 N–H and O–H groups in total. The highest BCUT2D eigenvalue weighted by Crippen LogP contribution is 2.38. The number of fused-ring (bicyclic) bond motifs is 3. The Bertz CT molecular complexity index is 503. The normalized spacial score (nSPS) is 32.5. The maximum atomic E-state index is 12.9. The topological polar surface area (TPSA) is 46.3 Å². The number of nitrogens with two attached hydrogens (primary N) is 1. The molecule has 0 spiro atoms. The average molecular weight is 270 g/mol. The molecular formula is C17H22N2O. The summed E-state index contributed by atoms with van der Waals surface area (Å²) < 4.78 is 0. The van der Waals surface area contributed by atoms with Gasteiger partial charge in [0.15, 0.2) is 0 Å². The fourth-order valence-electron chi connectivity index (χ4n) is 4.52. The molecule has 2 aliphatic heterocycles. The molecule has 1 aliphatic carbocycles. The molecule has 2 atom stereocenters. The zero-order valence-electron chi connectivity index (χ0n) is 11.8. The van der Waals surface area contributed by atoms with E-state index in [9.17, 15) is 4.79 Å². The van der Waals surface area contributed by atoms with E-state index in [0.29, 0.717) is 24.0 Å². The van der Waals surface area contributed by atoms with Gasteiger partial charge in [0.1, 0.15) is 0 Å². The molecule has 3 aliphatic rings. The van der Waals surface area contributed by atoms with Crippen molar-refractivity contribution in [3.05, 3.63) is 35.4 Å². The molecule has 2 unspecified atom stereocenters. The molecule has 0 aromatic heterocycles. The number of benzene rings is 1. The van der Waals surface area contributed by atoms with Crippen LogP contribution in [-0.4, -0.2) is 28.9 Å². The van der Waals surface area contributed by atoms with Crippen LogP contribution in [0.3, 0.4) is 0 Å². The van der Waals surface area contributed by atoms with Crippen molar-refractivity contribution in [3.8, 4) is 0 Å². The molecule has 3 nitrogen and oxygen atoms in total. The summed E-state index contributed by atoms with van der Waals surface area (Å²) in [5.74, 6) is 0.561. The number of carbonyl (C=O) groups excluding carboxylic acids is 1. The maximum absolute atomic E-state index is 12.9. The van der Waals surface area contributed by atoms with E-state index in [0.717, 1.165) is 38.5 Å². The molecule has 4 rings (SSSR count). The van der Waals surface area contributed by atoms with E-state index in [1.807, 2.05) is 0 Å². The Hall–Kier alpha value is -1.35. The summed E-state index contributed by atoms with van der Waals surface area (Å²) in [7, 11) is 0. The second kappa shape index (κ2) is 4.59. The van der Waals surface area contributed by atoms with Gasteiger partial charge >= 0.3 is 0 Å². The van der Waals surface area contributed by atoms with E-state index in [-0.39, 0.29) is 5.92 Å². The Morgan fingerprint density at radius 1 is 1.05 bits per heavy atom. The van der Waals surface area contributed by atoms with Crippen LogP contribution in [0.25, 0.3) is 0 Å². The Balaban J connectivity index is 1.52. The molecule has 1 amide bonds. The minimum atomic E-state index is 0.171. The summed E-state index contributed by atoms with van der Waals surface area (Å²) in [5, 5.41) is 0. The number of piperidine rings is 1. The highest BCUT2D eigenvalue weighted by atomic mass is 16.2. The van der Waals surface area contributed by atoms with Crippen LogP contribution in [-0.2, 0) is 17.6 Å². The SMILES string of the molecule is NC1CC2CCC(C1)N2C(=O)C1Cc2ccccc2C1. The first-order valence-electron chi connectivity index (χ1n) is 7.87. The molecule has 2 saturated heterocycles. The number of hydrogen-bond donors (Lipinski definition) is 1. The van der Waals surface area contributed by atoms with Crippen LogP contribution in [0.4, 0.5) is 0 Å². The van der Waals surface area contributed by atoms with Crippen molar-refractivity contribution in [1.29, 1.82) is 0 Å². The smallest absolute Gasteiger partial charge is 0.226 e. The minimum Gasteiger partial charge on any atom is -0.336 e. The predicted octanol–water partition coefficient (Wildman–Crippen LogP) is 1.88. The van der Waals surface area contributed by atoms with Crippen molar-refractivity contribution < 1.29 is 4.79 Å². The van der Waals surface area contributed by atoms with Crippen molar-refractivity contribution in [2.24, 2.45) is 11.7 Å². The molecule has 106 valence electrons. The van der Waals surface area contributed by atoms with Gasteiger partial charge in [-0.1, -0.05) is 24.3 Å². The Morgan fingerprint density at radius 3 is 2.15 bits per heavy atom. The summed E-state index contributed by atoms with van der Waals surface area (Å²) in [6.45, 7) is 0. The second-order valence-corrected chi connectivity index (χ2v) is 6.74. The predicted molar refractivity (Wildman–Crippen MR) is 78.2 cm³/mol. The van der Waals surface area contributed by atoms with E-state index in [1.54, 1.807) is 0 Å². The number of amides is 1. The number of nitrogens with zero attached hydrogens (tertiary/aromatic N) is 1. The van der Waals surface area contributed by atoms with Gasteiger partial charge in [-0.05, 0) is 49.7 Å². The van der Waals surface area contributed by atoms with E-state index >= 15 is 0 Å². The van der Waals surface area contributed by atoms with Crippen LogP contribution >= 0.6 is 0 Å². The van der Waals surface area contributed by atoms with Crippen molar-refractivity contribution in [1.82, 2.24) is 4.90 Å². The van der Waals surface area contributed by atoms with E-state index in [1.165, 1.54) is 11.1 Å². The molecule has 1 aromatic carbocycles. The highest BCUT2D eigenvalue weighted by molar-refractivity contribution is 5.81. The standard InChI is InChI=1S/C17H22N2O/c18-14-9-15-5-6-16(10-14)19(15)17(20)13-7-11-3-1-2-4-12(11)8-13/h1-4,13-16H,5-10,18H2. The fraction of sp³-hybridized carbons (Fsp3) is 0.588. The molecule has 1 aromatic rings. The highest BCUT2D eigenvalue weighted by Gasteiger charge is 2.44. The second-order valence-electron chi connectivity index (χ2n) is 6.74. The quantitative estimate of drug-likeness (QED) is 0.847. The van der Waals surface area contributed by atoms with Gasteiger partial charge in [-0.25, -0.2) is 0 Å². The molecule has 3 heteroatoms. The van der Waals surface area contributed by atoms with Gasteiger partial charge in [-0.15, -0.1) is 0 Å². The molecule has 2 bridgehead atoms. The molecular weight excluding hydrogens is 248 g/mol. The van der Waals surface area contributed by atoms with E-state index in [4.69, 9.17) is 5.73 Å². The summed E-state index contributed by atoms with van der Waals surface area (Å²) in [5.41, 5.74) is 8.84. The van der Waals surface area contributed by atoms with E-state index in [2.05, 4.69) is 29.2 Å². The Kier molecular flexibility index (Phi) is 2.84. The lowest BCUT2D eigenvalue weighted by atomic mass is 9.95. The third-order valence-corrected chi connectivity index (χ3v) is 5.42. The first kappa shape index (κ1) is 12.4. The third kappa shape index (κ3) is 1.87. The van der Waals surface area contributed by atoms with Crippen LogP contribution in [0.15, 0.2) is 24.3 Å². The number of carbonyl (C=O) groups is 1. The monoisotopic (exact) mass is 270 g/mol. The van der Waals surface area contributed by atoms with E-state index < -0.39 is 0 Å². The third-order valence-electron chi connectivity index (χ3n) is 5.42. The van der Waals surface area contributed by atoms with Gasteiger partial charge in [-0.3, -0.25) is 4.79 Å². The molecule has 0 saturated carbocycles. The molecule has 0 radical (unpaired) electrons. The van der Waals surface area contributed by atoms with Gasteiger partial charge in [-0.2, -0.15) is 0 Å². The van der Waals surface area contributed by atoms with Crippen LogP contribution in [0.1, 0.15) is 36.8 Å². The van der Waals surface area contributed by atoms with Gasteiger partial charge < -0.3 is 10.6 Å². The van der Waals surface area contributed by atoms with Gasteiger partial charge in [0.25, 0.3) is 0 Å². The maximum Gasteiger partial charge on any atom is 0.226 e. The van der Waals surface area contributed by atoms with Gasteiger partial charge in [0.05, 0.1) is 0 Å². The zero-order valence-corrected chi connectivity index (χ0v) is 11.8. The number of hydrogen-bond acceptors (Lipinski definition) is 2. The lowest BCUT2D eigenvalue weighted by Gasteiger charge is -2.39. The van der Waals surface area contributed by atoms with Gasteiger partial charge in [0, 0.05) is 24.0 Å². The first-order chi connectivity index (χ1) is 9.72. The molecule has 2 fully saturated rings. The van der Waals surface area contributed by atoms with Crippen molar-refractivity contribution in [3.63, 3.8) is 0 Å². The van der Waals surface area contributed by atoms with Crippen LogP contribution in [0.5, 0.6) is 0 Å². The molecule has 2 heterocycles. The molecule has 20 heavy (non-hydrogen) atoms. The van der Waals surface area contributed by atoms with Crippen LogP contribution < -0.4 is 5.73 Å². The van der Waals surface area contributed by atoms with Gasteiger partial charge in [0.2, 0.25) is 5.91 Å². The minimum absolute atomic E-state index is 0.171. The first-order valence-corrected chi connectivity index (χ1v) is 7.87. The zero-order chi connectivity index (χ0) is 13.7. The largest absolute Gasteiger partial charge is 0.336 e. The van der Waals surface area contributed by atoms with Crippen molar-refractivity contribution in [2.75, 3.05) is 0 Å². The summed E-state index contributed by atoms with van der Waals surface area (Å²) >= 11 is 0. The fourth-order valence-corrected chi connectivity index (χ4v) is 4.52. The Labute approximate surface area is 120 Å². The summed E-state index contributed by atoms with van der Waals surface area (Å²) in [6, 6.07) is 9.63. The Morgan fingerprint density at radius 2 is 1.60 bits per heavy atom. The van der Waals surface area contributed by atoms with Crippen LogP contribution in [0, 0.1) is 5.92 Å². The lowest BCUT2D eigenvalue weighted by Crippen LogP contribution is -2.52. The van der Waals surface area contributed by atoms with Crippen molar-refractivity contribution in [2.45, 2.75) is 56.7 Å². The summed E-state index contributed by atoms with van der Waals surface area (Å²) in [4.78, 5) is 15.1. The van der Waals surface area contributed by atoms with Crippen molar-refractivity contribution >= 4 is 5.91 Å². The number of rotatable bonds is 1. The average Bonchev–Trinajstić information content (AvgIpc) is 2.98. The van der Waals surface area contributed by atoms with Crippen LogP contribution in [0.2, 0.25) is 0 Å². The lowest BCUT2D eigenvalue weighted by molar-refractivity contribution is -0.139.